The van der Waals surface area contributed by atoms with E-state index in [1.165, 1.54) is 0 Å². The van der Waals surface area contributed by atoms with Gasteiger partial charge in [0.15, 0.2) is 0 Å². The first kappa shape index (κ1) is 21.4. The lowest BCUT2D eigenvalue weighted by molar-refractivity contribution is -0.137. The molecule has 0 radical (unpaired) electrons. The van der Waals surface area contributed by atoms with Crippen molar-refractivity contribution in [3.05, 3.63) is 65.9 Å². The Bertz CT molecular complexity index is 988. The first-order chi connectivity index (χ1) is 14.3. The quantitative estimate of drug-likeness (QED) is 0.481. The predicted molar refractivity (Wildman–Crippen MR) is 112 cm³/mol. The Labute approximate surface area is 173 Å². The van der Waals surface area contributed by atoms with E-state index in [4.69, 9.17) is 4.74 Å². The third-order valence-electron chi connectivity index (χ3n) is 4.34. The summed E-state index contributed by atoms with van der Waals surface area (Å²) >= 11 is 0. The molecule has 2 N–H and O–H groups in total. The Kier molecular flexibility index (Phi) is 6.44. The Morgan fingerprint density at radius 3 is 2.33 bits per heavy atom. The van der Waals surface area contributed by atoms with E-state index in [1.54, 1.807) is 43.5 Å². The van der Waals surface area contributed by atoms with Crippen LogP contribution in [0, 0.1) is 5.92 Å². The van der Waals surface area contributed by atoms with E-state index in [9.17, 15) is 13.2 Å². The number of nitrogens with zero attached hydrogens (tertiary/aromatic N) is 2. The molecule has 0 aliphatic carbocycles. The number of rotatable bonds is 7. The molecule has 5 nitrogen and oxygen atoms in total. The summed E-state index contributed by atoms with van der Waals surface area (Å²) in [4.78, 5) is 7.95. The first-order valence-electron chi connectivity index (χ1n) is 9.46. The zero-order valence-corrected chi connectivity index (χ0v) is 16.9. The van der Waals surface area contributed by atoms with Crippen LogP contribution in [0.5, 0.6) is 5.75 Å². The van der Waals surface area contributed by atoms with Gasteiger partial charge >= 0.3 is 6.18 Å². The number of alkyl halides is 3. The Morgan fingerprint density at radius 2 is 1.70 bits per heavy atom. The molecule has 0 atom stereocenters. The average Bonchev–Trinajstić information content (AvgIpc) is 2.69. The lowest BCUT2D eigenvalue weighted by atomic mass is 10.0. The van der Waals surface area contributed by atoms with Crippen molar-refractivity contribution in [3.8, 4) is 5.75 Å². The average molecular weight is 416 g/mol. The highest BCUT2D eigenvalue weighted by molar-refractivity contribution is 5.65. The van der Waals surface area contributed by atoms with Crippen molar-refractivity contribution < 1.29 is 17.9 Å². The second-order valence-corrected chi connectivity index (χ2v) is 7.19. The number of nitrogens with one attached hydrogen (secondary N) is 2. The third-order valence-corrected chi connectivity index (χ3v) is 4.34. The van der Waals surface area contributed by atoms with Crippen LogP contribution in [0.25, 0.3) is 0 Å². The minimum Gasteiger partial charge on any atom is -0.497 e. The van der Waals surface area contributed by atoms with Gasteiger partial charge in [-0.15, -0.1) is 0 Å². The van der Waals surface area contributed by atoms with Gasteiger partial charge in [-0.3, -0.25) is 0 Å². The highest BCUT2D eigenvalue weighted by atomic mass is 19.4. The molecule has 0 aliphatic heterocycles. The van der Waals surface area contributed by atoms with Crippen LogP contribution in [-0.4, -0.2) is 17.1 Å². The summed E-state index contributed by atoms with van der Waals surface area (Å²) in [7, 11) is 1.55. The fourth-order valence-corrected chi connectivity index (χ4v) is 2.94. The standard InChI is InChI=1S/C22H23F3N4O/c1-14(2)12-15-6-4-5-7-19(15)28-20-18(22(23,24)25)13-26-21(29-20)27-16-8-10-17(30-3)11-9-16/h4-11,13-14H,12H2,1-3H3,(H2,26,27,28,29). The zero-order chi connectivity index (χ0) is 21.7. The fourth-order valence-electron chi connectivity index (χ4n) is 2.94. The SMILES string of the molecule is COc1ccc(Nc2ncc(C(F)(F)F)c(Nc3ccccc3CC(C)C)n2)cc1. The van der Waals surface area contributed by atoms with Gasteiger partial charge in [-0.1, -0.05) is 32.0 Å². The first-order valence-corrected chi connectivity index (χ1v) is 9.46. The maximum absolute atomic E-state index is 13.5. The molecular formula is C22H23F3N4O. The van der Waals surface area contributed by atoms with E-state index in [0.717, 1.165) is 18.2 Å². The Hall–Kier alpha value is -3.29. The van der Waals surface area contributed by atoms with Crippen LogP contribution in [0.1, 0.15) is 25.0 Å². The van der Waals surface area contributed by atoms with Crippen LogP contribution >= 0.6 is 0 Å². The number of benzene rings is 2. The second kappa shape index (κ2) is 9.02. The molecule has 1 aromatic heterocycles. The van der Waals surface area contributed by atoms with Gasteiger partial charge < -0.3 is 15.4 Å². The van der Waals surface area contributed by atoms with Gasteiger partial charge in [-0.25, -0.2) is 4.98 Å². The number of halogens is 3. The zero-order valence-electron chi connectivity index (χ0n) is 16.9. The molecule has 8 heteroatoms. The second-order valence-electron chi connectivity index (χ2n) is 7.19. The van der Waals surface area contributed by atoms with Crippen LogP contribution in [-0.2, 0) is 12.6 Å². The smallest absolute Gasteiger partial charge is 0.421 e. The van der Waals surface area contributed by atoms with Crippen molar-refractivity contribution >= 4 is 23.1 Å². The van der Waals surface area contributed by atoms with Crippen LogP contribution in [0.15, 0.2) is 54.7 Å². The number of anilines is 4. The van der Waals surface area contributed by atoms with Gasteiger partial charge in [-0.05, 0) is 48.2 Å². The summed E-state index contributed by atoms with van der Waals surface area (Å²) in [6.45, 7) is 4.11. The minimum absolute atomic E-state index is 0.0528. The van der Waals surface area contributed by atoms with Crippen LogP contribution in [0.2, 0.25) is 0 Å². The molecule has 2 aromatic carbocycles. The van der Waals surface area contributed by atoms with E-state index >= 15 is 0 Å². The highest BCUT2D eigenvalue weighted by Gasteiger charge is 2.35. The molecule has 30 heavy (non-hydrogen) atoms. The normalized spacial score (nSPS) is 11.4. The summed E-state index contributed by atoms with van der Waals surface area (Å²) < 4.78 is 45.8. The van der Waals surface area contributed by atoms with Crippen LogP contribution in [0.4, 0.5) is 36.3 Å². The molecule has 0 fully saturated rings. The van der Waals surface area contributed by atoms with E-state index in [0.29, 0.717) is 23.0 Å². The number of hydrogen-bond donors (Lipinski definition) is 2. The monoisotopic (exact) mass is 416 g/mol. The molecule has 0 spiro atoms. The summed E-state index contributed by atoms with van der Waals surface area (Å²) in [5.41, 5.74) is 1.21. The van der Waals surface area contributed by atoms with Gasteiger partial charge in [0.1, 0.15) is 17.1 Å². The molecule has 0 unspecified atom stereocenters. The molecular weight excluding hydrogens is 393 g/mol. The maximum Gasteiger partial charge on any atom is 0.421 e. The molecule has 3 rings (SSSR count). The van der Waals surface area contributed by atoms with Gasteiger partial charge in [0.05, 0.1) is 7.11 Å². The van der Waals surface area contributed by atoms with Crippen LogP contribution in [0.3, 0.4) is 0 Å². The van der Waals surface area contributed by atoms with Crippen molar-refractivity contribution in [1.29, 1.82) is 0 Å². The molecule has 0 aliphatic rings. The lowest BCUT2D eigenvalue weighted by Crippen LogP contribution is -2.13. The van der Waals surface area contributed by atoms with Crippen LogP contribution < -0.4 is 15.4 Å². The summed E-state index contributed by atoms with van der Waals surface area (Å²) in [5, 5.41) is 5.79. The molecule has 158 valence electrons. The van der Waals surface area contributed by atoms with Crippen molar-refractivity contribution in [3.63, 3.8) is 0 Å². The van der Waals surface area contributed by atoms with E-state index in [2.05, 4.69) is 34.4 Å². The molecule has 1 heterocycles. The molecule has 3 aromatic rings. The molecule has 0 bridgehead atoms. The molecule has 0 saturated heterocycles. The van der Waals surface area contributed by atoms with Crippen molar-refractivity contribution in [2.75, 3.05) is 17.7 Å². The summed E-state index contributed by atoms with van der Waals surface area (Å²) in [5.74, 6) is 0.771. The Morgan fingerprint density at radius 1 is 1.00 bits per heavy atom. The van der Waals surface area contributed by atoms with Gasteiger partial charge in [-0.2, -0.15) is 18.2 Å². The largest absolute Gasteiger partial charge is 0.497 e. The van der Waals surface area contributed by atoms with Crippen molar-refractivity contribution in [2.24, 2.45) is 5.92 Å². The number of hydrogen-bond acceptors (Lipinski definition) is 5. The maximum atomic E-state index is 13.5. The predicted octanol–water partition coefficient (Wildman–Crippen LogP) is 6.19. The number of aromatic nitrogens is 2. The fraction of sp³-hybridized carbons (Fsp3) is 0.273. The summed E-state index contributed by atoms with van der Waals surface area (Å²) in [6, 6.07) is 14.2. The number of methoxy groups -OCH3 is 1. The molecule has 0 saturated carbocycles. The number of ether oxygens (including phenoxy) is 1. The third kappa shape index (κ3) is 5.40. The Balaban J connectivity index is 1.94. The van der Waals surface area contributed by atoms with E-state index in [1.807, 2.05) is 12.1 Å². The van der Waals surface area contributed by atoms with Crippen molar-refractivity contribution in [1.82, 2.24) is 9.97 Å². The topological polar surface area (TPSA) is 59.1 Å². The highest BCUT2D eigenvalue weighted by Crippen LogP contribution is 2.36. The lowest BCUT2D eigenvalue weighted by Gasteiger charge is -2.17. The van der Waals surface area contributed by atoms with E-state index in [-0.39, 0.29) is 11.8 Å². The van der Waals surface area contributed by atoms with Gasteiger partial charge in [0.2, 0.25) is 5.95 Å². The van der Waals surface area contributed by atoms with Gasteiger partial charge in [0, 0.05) is 17.6 Å². The summed E-state index contributed by atoms with van der Waals surface area (Å²) in [6.07, 6.45) is -3.08. The van der Waals surface area contributed by atoms with Crippen molar-refractivity contribution in [2.45, 2.75) is 26.4 Å². The minimum atomic E-state index is -4.59. The van der Waals surface area contributed by atoms with Gasteiger partial charge in [0.25, 0.3) is 0 Å². The molecule has 0 amide bonds. The van der Waals surface area contributed by atoms with E-state index < -0.39 is 11.7 Å². The number of para-hydroxylation sites is 1.